The smallest absolute Gasteiger partial charge is 0.726 e. The van der Waals surface area contributed by atoms with Crippen LogP contribution in [0.2, 0.25) is 0 Å². The van der Waals surface area contributed by atoms with Gasteiger partial charge < -0.3 is 50.6 Å². The minimum atomic E-state index is -6.58. The van der Waals surface area contributed by atoms with Gasteiger partial charge in [-0.3, -0.25) is 33.5 Å². The van der Waals surface area contributed by atoms with Gasteiger partial charge in [0.05, 0.1) is 13.2 Å². The van der Waals surface area contributed by atoms with Crippen molar-refractivity contribution in [1.82, 2.24) is 0 Å². The van der Waals surface area contributed by atoms with Crippen LogP contribution in [0.1, 0.15) is 0 Å². The van der Waals surface area contributed by atoms with Crippen molar-refractivity contribution in [2.75, 3.05) is 19.8 Å². The Labute approximate surface area is 535 Å². The fraction of sp³-hybridized carbons (Fsp3) is 1.00. The van der Waals surface area contributed by atoms with Crippen molar-refractivity contribution in [2.24, 2.45) is 0 Å². The minimum Gasteiger partial charge on any atom is -0.726 e. The first-order valence-corrected chi connectivity index (χ1v) is 22.9. The van der Waals surface area contributed by atoms with E-state index in [0.717, 1.165) is 0 Å². The molecule has 0 aromatic carbocycles. The summed E-state index contributed by atoms with van der Waals surface area (Å²) in [6.07, 6.45) is -27.5. The van der Waals surface area contributed by atoms with Gasteiger partial charge in [0.1, 0.15) is 37.1 Å². The predicted octanol–water partition coefficient (Wildman–Crippen LogP) is -33.5. The Bertz CT molecular complexity index is 2310. The van der Waals surface area contributed by atoms with Crippen molar-refractivity contribution in [2.45, 2.75) is 54.8 Å². The van der Waals surface area contributed by atoms with Crippen LogP contribution in [0.5, 0.6) is 0 Å². The maximum absolute atomic E-state index is 11.7. The van der Waals surface area contributed by atoms with Crippen LogP contribution >= 0.6 is 0 Å². The molecule has 2 rings (SSSR count). The van der Waals surface area contributed by atoms with Crippen LogP contribution in [0.25, 0.3) is 0 Å². The number of hydrogen-bond donors (Lipinski definition) is 0. The Balaban J connectivity index is -0.000000784. The minimum absolute atomic E-state index is 0. The van der Waals surface area contributed by atoms with E-state index in [0.29, 0.717) is 0 Å². The van der Waals surface area contributed by atoms with Gasteiger partial charge in [0.15, 0.2) is 18.5 Å². The van der Waals surface area contributed by atoms with E-state index in [-0.39, 0.29) is 236 Å². The Kier molecular flexibility index (Phi) is 43.1. The molecule has 2 heterocycles. The molecule has 51 heteroatoms. The van der Waals surface area contributed by atoms with Crippen LogP contribution in [0.3, 0.4) is 0 Å². The second-order valence-corrected chi connectivity index (χ2v) is 17.7. The molecule has 0 spiro atoms. The molecule has 0 amide bonds. The third-order valence-electron chi connectivity index (χ3n) is 5.65. The van der Waals surface area contributed by atoms with Crippen molar-refractivity contribution in [3.8, 4) is 0 Å². The van der Waals surface area contributed by atoms with Gasteiger partial charge in [-0.05, 0) is 0 Å². The zero-order valence-electron chi connectivity index (χ0n) is 32.8. The third-order valence-corrected chi connectivity index (χ3v) is 9.18. The van der Waals surface area contributed by atoms with Gasteiger partial charge >= 0.3 is 236 Å². The van der Waals surface area contributed by atoms with Gasteiger partial charge in [0.25, 0.3) is 0 Å². The molecular formula is C12H14Na8O35S8. The Morgan fingerprint density at radius 2 is 0.698 bits per heavy atom. The molecule has 9 atom stereocenters. The van der Waals surface area contributed by atoms with E-state index in [4.69, 9.17) is 14.2 Å². The van der Waals surface area contributed by atoms with E-state index in [1.807, 2.05) is 0 Å². The zero-order valence-corrected chi connectivity index (χ0v) is 55.3. The summed E-state index contributed by atoms with van der Waals surface area (Å²) >= 11 is 0. The molecule has 0 bridgehead atoms. The number of hydrogen-bond acceptors (Lipinski definition) is 35. The Hall–Kier alpha value is 6.84. The molecule has 0 aromatic heterocycles. The van der Waals surface area contributed by atoms with Crippen LogP contribution in [0.15, 0.2) is 0 Å². The van der Waals surface area contributed by atoms with E-state index in [2.05, 4.69) is 33.5 Å². The van der Waals surface area contributed by atoms with E-state index >= 15 is 0 Å². The largest absolute Gasteiger partial charge is 1.00 e. The van der Waals surface area contributed by atoms with Gasteiger partial charge in [-0.1, -0.05) is 0 Å². The standard InChI is InChI=1S/C12H22O35S8.8Na/c13-48(14,15)37-1-4-6(43-51(22,23)24)8(45-53(28,29)30)9(46-54(31,32)33)11(40-4)42-12(3-39-50(19,20)21)10(47-55(34,35)36)7(44-52(25,26)27)5(41-12)2-38-49(16,17)18;;;;;;;;/h4-11H,1-3H2,(H,13,14,15)(H,16,17,18)(H,19,20,21)(H,22,23,24)(H,25,26,27)(H,28,29,30)(H,31,32,33)(H,34,35,36);;;;;;;;/q;8*+1/p-8. The zero-order chi connectivity index (χ0) is 43.0. The molecular weight excluding hydrogens is 1140 g/mol. The quantitative estimate of drug-likeness (QED) is 0.0585. The van der Waals surface area contributed by atoms with Crippen molar-refractivity contribution in [3.63, 3.8) is 0 Å². The fourth-order valence-electron chi connectivity index (χ4n) is 4.21. The van der Waals surface area contributed by atoms with E-state index in [1.54, 1.807) is 0 Å². The molecule has 328 valence electrons. The molecule has 0 radical (unpaired) electrons. The van der Waals surface area contributed by atoms with Crippen LogP contribution in [-0.4, -0.2) is 178 Å². The molecule has 63 heavy (non-hydrogen) atoms. The number of ether oxygens (including phenoxy) is 3. The summed E-state index contributed by atoms with van der Waals surface area (Å²) in [7, 11) is -50.8. The molecule has 0 aromatic rings. The SMILES string of the molecule is O=S(=O)([O-])OCC1OC(OC2(COS(=O)(=O)[O-])OC(COS(=O)(=O)[O-])C(OS(=O)(=O)[O-])C2OS(=O)(=O)[O-])C(OS(=O)(=O)[O-])C(OS(=O)(=O)[O-])C1OS(=O)(=O)[O-].[Na+].[Na+].[Na+].[Na+].[Na+].[Na+].[Na+].[Na+]. The maximum atomic E-state index is 11.7. The summed E-state index contributed by atoms with van der Waals surface area (Å²) in [4.78, 5) is 0. The molecule has 0 N–H and O–H groups in total. The molecule has 9 unspecified atom stereocenters. The van der Waals surface area contributed by atoms with Gasteiger partial charge in [-0.15, -0.1) is 0 Å². The molecule has 2 saturated heterocycles. The van der Waals surface area contributed by atoms with Crippen LogP contribution < -0.4 is 236 Å². The second kappa shape index (κ2) is 32.4. The summed E-state index contributed by atoms with van der Waals surface area (Å²) in [6.45, 7) is -6.74. The van der Waals surface area contributed by atoms with Gasteiger partial charge in [0.2, 0.25) is 89.0 Å². The van der Waals surface area contributed by atoms with E-state index in [9.17, 15) is 104 Å². The second-order valence-electron chi connectivity index (χ2n) is 9.49. The number of rotatable bonds is 21. The van der Waals surface area contributed by atoms with E-state index < -0.39 is 158 Å². The van der Waals surface area contributed by atoms with Crippen molar-refractivity contribution >= 4 is 83.2 Å². The van der Waals surface area contributed by atoms with Gasteiger partial charge in [-0.25, -0.2) is 67.3 Å². The maximum Gasteiger partial charge on any atom is 1.00 e. The summed E-state index contributed by atoms with van der Waals surface area (Å²) < 4.78 is 320. The topological polar surface area (TPSA) is 559 Å². The summed E-state index contributed by atoms with van der Waals surface area (Å²) in [6, 6.07) is 0. The normalized spacial score (nSPS) is 26.8. The predicted molar refractivity (Wildman–Crippen MR) is 137 cm³/mol. The first-order chi connectivity index (χ1) is 24.2. The summed E-state index contributed by atoms with van der Waals surface area (Å²) in [5, 5.41) is 0. The van der Waals surface area contributed by atoms with Crippen LogP contribution in [0, 0.1) is 0 Å². The third kappa shape index (κ3) is 34.2. The average Bonchev–Trinajstić information content (AvgIpc) is 3.15. The fourth-order valence-corrected chi connectivity index (χ4v) is 7.60. The van der Waals surface area contributed by atoms with Crippen LogP contribution in [0.4, 0.5) is 0 Å². The first-order valence-electron chi connectivity index (χ1n) is 12.2. The summed E-state index contributed by atoms with van der Waals surface area (Å²) in [5.41, 5.74) is 0. The summed E-state index contributed by atoms with van der Waals surface area (Å²) in [5.74, 6) is -4.31. The van der Waals surface area contributed by atoms with Crippen molar-refractivity contribution in [1.29, 1.82) is 0 Å². The molecule has 2 aliphatic rings. The Morgan fingerprint density at radius 3 is 1.05 bits per heavy atom. The monoisotopic (exact) mass is 1160 g/mol. The first kappa shape index (κ1) is 83.8. The van der Waals surface area contributed by atoms with Crippen molar-refractivity contribution < 1.29 is 388 Å². The Morgan fingerprint density at radius 1 is 0.381 bits per heavy atom. The molecule has 35 nitrogen and oxygen atoms in total. The average molecular weight is 1160 g/mol. The van der Waals surface area contributed by atoms with Crippen LogP contribution in [-0.2, 0) is 131 Å². The van der Waals surface area contributed by atoms with E-state index in [1.165, 1.54) is 0 Å². The van der Waals surface area contributed by atoms with Gasteiger partial charge in [-0.2, -0.15) is 0 Å². The molecule has 2 fully saturated rings. The molecule has 0 saturated carbocycles. The van der Waals surface area contributed by atoms with Gasteiger partial charge in [0, 0.05) is 0 Å². The molecule has 2 aliphatic heterocycles. The van der Waals surface area contributed by atoms with Crippen molar-refractivity contribution in [3.05, 3.63) is 0 Å². The molecule has 0 aliphatic carbocycles.